The Bertz CT molecular complexity index is 418. The van der Waals surface area contributed by atoms with Gasteiger partial charge in [-0.2, -0.15) is 0 Å². The third-order valence-corrected chi connectivity index (χ3v) is 2.68. The molecule has 1 atom stereocenters. The molecule has 0 aliphatic rings. The van der Waals surface area contributed by atoms with Gasteiger partial charge in [0.2, 0.25) is 0 Å². The first kappa shape index (κ1) is 15.5. The summed E-state index contributed by atoms with van der Waals surface area (Å²) in [5.41, 5.74) is 0.748. The highest BCUT2D eigenvalue weighted by Crippen LogP contribution is 2.25. The van der Waals surface area contributed by atoms with Crippen molar-refractivity contribution in [3.63, 3.8) is 0 Å². The summed E-state index contributed by atoms with van der Waals surface area (Å²) in [6, 6.07) is 7.50. The summed E-state index contributed by atoms with van der Waals surface area (Å²) < 4.78 is 5.75. The van der Waals surface area contributed by atoms with Crippen LogP contribution in [0, 0.1) is 0 Å². The standard InChI is InChI=1S/C15H23NO3/c1-15(2,3)19-12-8-6-11(7-9-12)13(16(4)5)10-14(17)18/h6-9,13H,10H2,1-5H3,(H,17,18). The number of benzene rings is 1. The van der Waals surface area contributed by atoms with Crippen molar-refractivity contribution in [2.24, 2.45) is 0 Å². The summed E-state index contributed by atoms with van der Waals surface area (Å²) in [6.07, 6.45) is 0.0898. The molecule has 0 fully saturated rings. The number of hydrogen-bond acceptors (Lipinski definition) is 3. The largest absolute Gasteiger partial charge is 0.488 e. The molecule has 0 saturated heterocycles. The molecule has 0 aliphatic carbocycles. The third-order valence-electron chi connectivity index (χ3n) is 2.68. The van der Waals surface area contributed by atoms with E-state index in [9.17, 15) is 4.79 Å². The number of carbonyl (C=O) groups is 1. The van der Waals surface area contributed by atoms with Crippen LogP contribution in [0.3, 0.4) is 0 Å². The second kappa shape index (κ2) is 6.06. The first-order chi connectivity index (χ1) is 8.69. The molecule has 106 valence electrons. The van der Waals surface area contributed by atoms with Crippen LogP contribution in [0.2, 0.25) is 0 Å². The summed E-state index contributed by atoms with van der Waals surface area (Å²) in [4.78, 5) is 12.8. The Morgan fingerprint density at radius 3 is 2.16 bits per heavy atom. The van der Waals surface area contributed by atoms with Gasteiger partial charge in [-0.3, -0.25) is 4.79 Å². The van der Waals surface area contributed by atoms with Crippen LogP contribution in [0.1, 0.15) is 38.8 Å². The molecule has 1 aromatic rings. The summed E-state index contributed by atoms with van der Waals surface area (Å²) in [7, 11) is 3.76. The highest BCUT2D eigenvalue weighted by molar-refractivity contribution is 5.68. The third kappa shape index (κ3) is 5.30. The van der Waals surface area contributed by atoms with Crippen LogP contribution < -0.4 is 4.74 Å². The van der Waals surface area contributed by atoms with Gasteiger partial charge in [0.15, 0.2) is 0 Å². The van der Waals surface area contributed by atoms with Crippen LogP contribution >= 0.6 is 0 Å². The number of hydrogen-bond donors (Lipinski definition) is 1. The van der Waals surface area contributed by atoms with Crippen molar-refractivity contribution in [3.8, 4) is 5.75 Å². The fourth-order valence-electron chi connectivity index (χ4n) is 1.88. The van der Waals surface area contributed by atoms with E-state index in [2.05, 4.69) is 0 Å². The van der Waals surface area contributed by atoms with Gasteiger partial charge in [0.25, 0.3) is 0 Å². The quantitative estimate of drug-likeness (QED) is 0.889. The molecule has 1 unspecified atom stereocenters. The molecule has 19 heavy (non-hydrogen) atoms. The van der Waals surface area contributed by atoms with Crippen LogP contribution in [0.15, 0.2) is 24.3 Å². The average molecular weight is 265 g/mol. The second-order valence-corrected chi connectivity index (χ2v) is 5.86. The van der Waals surface area contributed by atoms with Crippen molar-refractivity contribution in [3.05, 3.63) is 29.8 Å². The summed E-state index contributed by atoms with van der Waals surface area (Å²) in [6.45, 7) is 5.98. The molecule has 0 aliphatic heterocycles. The lowest BCUT2D eigenvalue weighted by Gasteiger charge is -2.24. The first-order valence-corrected chi connectivity index (χ1v) is 6.36. The highest BCUT2D eigenvalue weighted by Gasteiger charge is 2.18. The fraction of sp³-hybridized carbons (Fsp3) is 0.533. The van der Waals surface area contributed by atoms with Crippen LogP contribution in [0.4, 0.5) is 0 Å². The fourth-order valence-corrected chi connectivity index (χ4v) is 1.88. The number of aliphatic carboxylic acids is 1. The molecule has 0 radical (unpaired) electrons. The van der Waals surface area contributed by atoms with Gasteiger partial charge in [-0.15, -0.1) is 0 Å². The van der Waals surface area contributed by atoms with Crippen molar-refractivity contribution in [1.82, 2.24) is 4.90 Å². The lowest BCUT2D eigenvalue weighted by molar-refractivity contribution is -0.138. The maximum atomic E-state index is 10.9. The van der Waals surface area contributed by atoms with Gasteiger partial charge in [-0.05, 0) is 52.6 Å². The molecule has 4 heteroatoms. The minimum atomic E-state index is -0.797. The molecular formula is C15H23NO3. The van der Waals surface area contributed by atoms with E-state index < -0.39 is 5.97 Å². The van der Waals surface area contributed by atoms with E-state index in [0.29, 0.717) is 0 Å². The average Bonchev–Trinajstić information content (AvgIpc) is 2.24. The second-order valence-electron chi connectivity index (χ2n) is 5.86. The van der Waals surface area contributed by atoms with E-state index in [4.69, 9.17) is 9.84 Å². The molecule has 0 amide bonds. The Balaban J connectivity index is 2.86. The topological polar surface area (TPSA) is 49.8 Å². The highest BCUT2D eigenvalue weighted by atomic mass is 16.5. The van der Waals surface area contributed by atoms with Crippen LogP contribution in [-0.4, -0.2) is 35.7 Å². The molecule has 0 spiro atoms. The number of ether oxygens (including phenoxy) is 1. The van der Waals surface area contributed by atoms with Gasteiger partial charge < -0.3 is 14.7 Å². The molecular weight excluding hydrogens is 242 g/mol. The van der Waals surface area contributed by atoms with Crippen molar-refractivity contribution >= 4 is 5.97 Å². The van der Waals surface area contributed by atoms with Gasteiger partial charge in [0.05, 0.1) is 6.42 Å². The predicted molar refractivity (Wildman–Crippen MR) is 75.5 cm³/mol. The molecule has 0 heterocycles. The summed E-state index contributed by atoms with van der Waals surface area (Å²) >= 11 is 0. The van der Waals surface area contributed by atoms with Gasteiger partial charge >= 0.3 is 5.97 Å². The molecule has 0 aromatic heterocycles. The predicted octanol–water partition coefficient (Wildman–Crippen LogP) is 2.94. The Labute approximate surface area is 115 Å². The van der Waals surface area contributed by atoms with Gasteiger partial charge in [-0.25, -0.2) is 0 Å². The maximum absolute atomic E-state index is 10.9. The van der Waals surface area contributed by atoms with Crippen molar-refractivity contribution in [2.75, 3.05) is 14.1 Å². The zero-order valence-electron chi connectivity index (χ0n) is 12.3. The van der Waals surface area contributed by atoms with E-state index in [1.54, 1.807) is 0 Å². The Hall–Kier alpha value is -1.55. The Morgan fingerprint density at radius 2 is 1.79 bits per heavy atom. The molecule has 0 saturated carbocycles. The van der Waals surface area contributed by atoms with Crippen LogP contribution in [0.25, 0.3) is 0 Å². The first-order valence-electron chi connectivity index (χ1n) is 6.36. The lowest BCUT2D eigenvalue weighted by Crippen LogP contribution is -2.24. The summed E-state index contributed by atoms with van der Waals surface area (Å²) in [5, 5.41) is 8.95. The number of nitrogens with zero attached hydrogens (tertiary/aromatic N) is 1. The molecule has 1 aromatic carbocycles. The SMILES string of the molecule is CN(C)C(CC(=O)O)c1ccc(OC(C)(C)C)cc1. The van der Waals surface area contributed by atoms with Crippen molar-refractivity contribution in [2.45, 2.75) is 38.8 Å². The minimum absolute atomic E-state index is 0.0898. The smallest absolute Gasteiger partial charge is 0.305 e. The van der Waals surface area contributed by atoms with E-state index in [-0.39, 0.29) is 18.1 Å². The summed E-state index contributed by atoms with van der Waals surface area (Å²) in [5.74, 6) is -0.00204. The normalized spacial score (nSPS) is 13.4. The van der Waals surface area contributed by atoms with Crippen molar-refractivity contribution < 1.29 is 14.6 Å². The monoisotopic (exact) mass is 265 g/mol. The van der Waals surface area contributed by atoms with E-state index >= 15 is 0 Å². The molecule has 4 nitrogen and oxygen atoms in total. The van der Waals surface area contributed by atoms with E-state index in [1.165, 1.54) is 0 Å². The number of carboxylic acids is 1. The van der Waals surface area contributed by atoms with Gasteiger partial charge in [0, 0.05) is 6.04 Å². The molecule has 1 rings (SSSR count). The number of carboxylic acid groups (broad SMARTS) is 1. The van der Waals surface area contributed by atoms with Gasteiger partial charge in [0.1, 0.15) is 11.4 Å². The molecule has 1 N–H and O–H groups in total. The Kier molecular flexibility index (Phi) is 4.95. The van der Waals surface area contributed by atoms with Crippen LogP contribution in [0.5, 0.6) is 5.75 Å². The Morgan fingerprint density at radius 1 is 1.26 bits per heavy atom. The van der Waals surface area contributed by atoms with Crippen molar-refractivity contribution in [1.29, 1.82) is 0 Å². The zero-order valence-corrected chi connectivity index (χ0v) is 12.3. The van der Waals surface area contributed by atoms with Crippen LogP contribution in [-0.2, 0) is 4.79 Å². The van der Waals surface area contributed by atoms with E-state index in [1.807, 2.05) is 64.0 Å². The lowest BCUT2D eigenvalue weighted by atomic mass is 10.0. The van der Waals surface area contributed by atoms with Gasteiger partial charge in [-0.1, -0.05) is 12.1 Å². The maximum Gasteiger partial charge on any atom is 0.305 e. The minimum Gasteiger partial charge on any atom is -0.488 e. The molecule has 0 bridgehead atoms. The zero-order chi connectivity index (χ0) is 14.6. The van der Waals surface area contributed by atoms with E-state index in [0.717, 1.165) is 11.3 Å². The number of rotatable bonds is 5.